The lowest BCUT2D eigenvalue weighted by Crippen LogP contribution is -2.24. The quantitative estimate of drug-likeness (QED) is 0.839. The molecule has 1 amide bonds. The Bertz CT molecular complexity index is 542. The molecule has 0 aromatic heterocycles. The predicted octanol–water partition coefficient (Wildman–Crippen LogP) is 1.76. The van der Waals surface area contributed by atoms with Gasteiger partial charge in [-0.15, -0.1) is 0 Å². The van der Waals surface area contributed by atoms with E-state index in [0.717, 1.165) is 6.42 Å². The summed E-state index contributed by atoms with van der Waals surface area (Å²) in [6.45, 7) is 2.44. The highest BCUT2D eigenvalue weighted by Crippen LogP contribution is 2.27. The highest BCUT2D eigenvalue weighted by Gasteiger charge is 2.19. The summed E-state index contributed by atoms with van der Waals surface area (Å²) in [5.74, 6) is -0.238. The van der Waals surface area contributed by atoms with Gasteiger partial charge in [-0.3, -0.25) is 4.79 Å². The van der Waals surface area contributed by atoms with Gasteiger partial charge in [0.15, 0.2) is 0 Å². The molecule has 0 fully saturated rings. The van der Waals surface area contributed by atoms with E-state index in [1.165, 1.54) is 25.3 Å². The largest absolute Gasteiger partial charge is 0.495 e. The standard InChI is InChI=1S/C11H14ClNO4S/c1-3-6-13-11(14)8-4-5-9(17-2)10(7-8)18(12,15)16/h4-5,7H,3,6H2,1-2H3,(H,13,14). The molecule has 100 valence electrons. The van der Waals surface area contributed by atoms with Crippen LogP contribution in [-0.2, 0) is 9.05 Å². The van der Waals surface area contributed by atoms with Gasteiger partial charge in [0.25, 0.3) is 15.0 Å². The van der Waals surface area contributed by atoms with Gasteiger partial charge in [0.05, 0.1) is 7.11 Å². The molecular weight excluding hydrogens is 278 g/mol. The van der Waals surface area contributed by atoms with Crippen LogP contribution in [0, 0.1) is 0 Å². The van der Waals surface area contributed by atoms with E-state index in [2.05, 4.69) is 5.32 Å². The van der Waals surface area contributed by atoms with Gasteiger partial charge in [0, 0.05) is 22.8 Å². The van der Waals surface area contributed by atoms with Crippen LogP contribution < -0.4 is 10.1 Å². The average Bonchev–Trinajstić information content (AvgIpc) is 2.34. The lowest BCUT2D eigenvalue weighted by molar-refractivity contribution is 0.0953. The maximum Gasteiger partial charge on any atom is 0.265 e. The molecule has 1 aromatic rings. The molecule has 1 N–H and O–H groups in total. The van der Waals surface area contributed by atoms with Crippen molar-refractivity contribution in [3.05, 3.63) is 23.8 Å². The lowest BCUT2D eigenvalue weighted by atomic mass is 10.2. The molecule has 0 atom stereocenters. The number of hydrogen-bond acceptors (Lipinski definition) is 4. The van der Waals surface area contributed by atoms with Crippen molar-refractivity contribution in [3.8, 4) is 5.75 Å². The molecule has 0 radical (unpaired) electrons. The summed E-state index contributed by atoms with van der Waals surface area (Å²) in [4.78, 5) is 11.5. The van der Waals surface area contributed by atoms with Gasteiger partial charge in [0.1, 0.15) is 10.6 Å². The summed E-state index contributed by atoms with van der Waals surface area (Å²) in [5.41, 5.74) is 0.225. The van der Waals surface area contributed by atoms with Crippen molar-refractivity contribution in [3.63, 3.8) is 0 Å². The van der Waals surface area contributed by atoms with Gasteiger partial charge < -0.3 is 10.1 Å². The molecule has 0 unspecified atom stereocenters. The van der Waals surface area contributed by atoms with Crippen LogP contribution in [0.4, 0.5) is 0 Å². The van der Waals surface area contributed by atoms with Crippen molar-refractivity contribution >= 4 is 25.6 Å². The summed E-state index contributed by atoms with van der Waals surface area (Å²) < 4.78 is 27.6. The maximum absolute atomic E-state index is 11.7. The first kappa shape index (κ1) is 14.8. The minimum atomic E-state index is -3.95. The second-order valence-corrected chi connectivity index (χ2v) is 6.09. The Balaban J connectivity index is 3.15. The van der Waals surface area contributed by atoms with E-state index in [4.69, 9.17) is 15.4 Å². The molecular formula is C11H14ClNO4S. The summed E-state index contributed by atoms with van der Waals surface area (Å²) >= 11 is 0. The van der Waals surface area contributed by atoms with Crippen LogP contribution in [0.5, 0.6) is 5.75 Å². The number of carbonyl (C=O) groups excluding carboxylic acids is 1. The van der Waals surface area contributed by atoms with Gasteiger partial charge in [0.2, 0.25) is 0 Å². The molecule has 1 rings (SSSR count). The Morgan fingerprint density at radius 2 is 2.11 bits per heavy atom. The van der Waals surface area contributed by atoms with E-state index >= 15 is 0 Å². The van der Waals surface area contributed by atoms with Crippen LogP contribution in [-0.4, -0.2) is 28.0 Å². The van der Waals surface area contributed by atoms with E-state index in [1.807, 2.05) is 6.92 Å². The number of carbonyl (C=O) groups is 1. The highest BCUT2D eigenvalue weighted by molar-refractivity contribution is 8.13. The summed E-state index contributed by atoms with van der Waals surface area (Å²) in [7, 11) is 2.66. The zero-order valence-corrected chi connectivity index (χ0v) is 11.6. The van der Waals surface area contributed by atoms with Crippen molar-refractivity contribution < 1.29 is 17.9 Å². The van der Waals surface area contributed by atoms with Gasteiger partial charge in [-0.1, -0.05) is 6.92 Å². The van der Waals surface area contributed by atoms with Gasteiger partial charge in [-0.05, 0) is 24.6 Å². The number of methoxy groups -OCH3 is 1. The van der Waals surface area contributed by atoms with Crippen LogP contribution in [0.25, 0.3) is 0 Å². The molecule has 0 saturated carbocycles. The number of ether oxygens (including phenoxy) is 1. The third kappa shape index (κ3) is 3.61. The monoisotopic (exact) mass is 291 g/mol. The molecule has 1 aromatic carbocycles. The third-order valence-corrected chi connectivity index (χ3v) is 3.57. The summed E-state index contributed by atoms with van der Waals surface area (Å²) in [6.07, 6.45) is 0.794. The number of rotatable bonds is 5. The number of amides is 1. The van der Waals surface area contributed by atoms with Gasteiger partial charge >= 0.3 is 0 Å². The molecule has 0 saturated heterocycles. The van der Waals surface area contributed by atoms with Crippen LogP contribution in [0.1, 0.15) is 23.7 Å². The Kier molecular flexibility index (Phi) is 4.98. The normalized spacial score (nSPS) is 11.1. The van der Waals surface area contributed by atoms with Crippen LogP contribution in [0.3, 0.4) is 0 Å². The van der Waals surface area contributed by atoms with Gasteiger partial charge in [-0.25, -0.2) is 8.42 Å². The molecule has 18 heavy (non-hydrogen) atoms. The van der Waals surface area contributed by atoms with Crippen molar-refractivity contribution in [2.24, 2.45) is 0 Å². The van der Waals surface area contributed by atoms with Crippen LogP contribution in [0.2, 0.25) is 0 Å². The second kappa shape index (κ2) is 6.06. The number of hydrogen-bond donors (Lipinski definition) is 1. The molecule has 0 heterocycles. The third-order valence-electron chi connectivity index (χ3n) is 2.22. The SMILES string of the molecule is CCCNC(=O)c1ccc(OC)c(S(=O)(=O)Cl)c1. The van der Waals surface area contributed by atoms with E-state index in [-0.39, 0.29) is 22.1 Å². The van der Waals surface area contributed by atoms with Gasteiger partial charge in [-0.2, -0.15) is 0 Å². The van der Waals surface area contributed by atoms with Crippen molar-refractivity contribution in [1.82, 2.24) is 5.32 Å². The Labute approximate surface area is 111 Å². The molecule has 7 heteroatoms. The van der Waals surface area contributed by atoms with Crippen LogP contribution >= 0.6 is 10.7 Å². The van der Waals surface area contributed by atoms with Crippen LogP contribution in [0.15, 0.2) is 23.1 Å². The highest BCUT2D eigenvalue weighted by atomic mass is 35.7. The molecule has 0 aliphatic heterocycles. The Hall–Kier alpha value is -1.27. The Morgan fingerprint density at radius 1 is 1.44 bits per heavy atom. The van der Waals surface area contributed by atoms with E-state index in [9.17, 15) is 13.2 Å². The topological polar surface area (TPSA) is 72.5 Å². The van der Waals surface area contributed by atoms with E-state index < -0.39 is 9.05 Å². The number of benzene rings is 1. The van der Waals surface area contributed by atoms with E-state index in [1.54, 1.807) is 0 Å². The maximum atomic E-state index is 11.7. The van der Waals surface area contributed by atoms with E-state index in [0.29, 0.717) is 6.54 Å². The lowest BCUT2D eigenvalue weighted by Gasteiger charge is -2.08. The number of nitrogens with one attached hydrogen (secondary N) is 1. The molecule has 0 aliphatic carbocycles. The smallest absolute Gasteiger partial charge is 0.265 e. The first-order valence-corrected chi connectivity index (χ1v) is 7.62. The second-order valence-electron chi connectivity index (χ2n) is 3.56. The first-order chi connectivity index (χ1) is 8.40. The van der Waals surface area contributed by atoms with Crippen molar-refractivity contribution in [2.45, 2.75) is 18.2 Å². The molecule has 0 spiro atoms. The first-order valence-electron chi connectivity index (χ1n) is 5.31. The zero-order valence-electron chi connectivity index (χ0n) is 10.1. The minimum Gasteiger partial charge on any atom is -0.495 e. The predicted molar refractivity (Wildman–Crippen MR) is 68.7 cm³/mol. The number of halogens is 1. The summed E-state index contributed by atoms with van der Waals surface area (Å²) in [6, 6.07) is 4.08. The molecule has 0 bridgehead atoms. The molecule has 0 aliphatic rings. The average molecular weight is 292 g/mol. The fourth-order valence-electron chi connectivity index (χ4n) is 1.35. The fourth-order valence-corrected chi connectivity index (χ4v) is 2.37. The Morgan fingerprint density at radius 3 is 2.61 bits per heavy atom. The van der Waals surface area contributed by atoms with Crippen molar-refractivity contribution in [1.29, 1.82) is 0 Å². The van der Waals surface area contributed by atoms with Crippen molar-refractivity contribution in [2.75, 3.05) is 13.7 Å². The minimum absolute atomic E-state index is 0.108. The fraction of sp³-hybridized carbons (Fsp3) is 0.364. The summed E-state index contributed by atoms with van der Waals surface area (Å²) in [5, 5.41) is 2.65. The molecule has 5 nitrogen and oxygen atoms in total. The zero-order chi connectivity index (χ0) is 13.8.